The molecule has 11 heteroatoms. The largest absolute Gasteiger partial charge is 0.369 e. The van der Waals surface area contributed by atoms with Crippen molar-refractivity contribution in [2.75, 3.05) is 29.2 Å². The highest BCUT2D eigenvalue weighted by atomic mass is 32.2. The van der Waals surface area contributed by atoms with Gasteiger partial charge in [-0.1, -0.05) is 18.2 Å². The number of anilines is 3. The fraction of sp³-hybridized carbons (Fsp3) is 0.222. The Labute approximate surface area is 169 Å². The first-order valence-corrected chi connectivity index (χ1v) is 12.2. The Bertz CT molecular complexity index is 1210. The van der Waals surface area contributed by atoms with Crippen LogP contribution in [0.25, 0.3) is 0 Å². The molecule has 2 heterocycles. The molecule has 3 aromatic rings. The molecule has 0 saturated heterocycles. The summed E-state index contributed by atoms with van der Waals surface area (Å²) in [5, 5.41) is 12.7. The molecule has 0 unspecified atom stereocenters. The number of aromatic nitrogens is 3. The number of pyridine rings is 1. The molecule has 0 radical (unpaired) electrons. The van der Waals surface area contributed by atoms with Crippen LogP contribution in [0.1, 0.15) is 5.69 Å². The van der Waals surface area contributed by atoms with Gasteiger partial charge >= 0.3 is 0 Å². The van der Waals surface area contributed by atoms with E-state index < -0.39 is 19.7 Å². The van der Waals surface area contributed by atoms with Crippen LogP contribution < -0.4 is 10.6 Å². The SMILES string of the molecule is Cc1cc(Nc2cc(S(=O)(=O)c3ccccc3)cc(NCCS(C)(=O)=O)n2)n[nH]1. The monoisotopic (exact) mass is 435 g/mol. The van der Waals surface area contributed by atoms with Crippen molar-refractivity contribution in [3.05, 3.63) is 54.2 Å². The zero-order chi connectivity index (χ0) is 21.1. The molecule has 0 saturated carbocycles. The zero-order valence-corrected chi connectivity index (χ0v) is 17.5. The van der Waals surface area contributed by atoms with Crippen LogP contribution in [0.5, 0.6) is 0 Å². The molecule has 0 atom stereocenters. The normalized spacial score (nSPS) is 11.9. The maximum absolute atomic E-state index is 13.0. The molecule has 2 aromatic heterocycles. The Kier molecular flexibility index (Phi) is 5.89. The predicted molar refractivity (Wildman–Crippen MR) is 111 cm³/mol. The van der Waals surface area contributed by atoms with Crippen molar-refractivity contribution >= 4 is 37.1 Å². The third-order valence-corrected chi connectivity index (χ3v) is 6.60. The van der Waals surface area contributed by atoms with Crippen LogP contribution in [-0.4, -0.2) is 50.6 Å². The van der Waals surface area contributed by atoms with Gasteiger partial charge in [0.15, 0.2) is 5.82 Å². The lowest BCUT2D eigenvalue weighted by Crippen LogP contribution is -2.15. The van der Waals surface area contributed by atoms with Crippen molar-refractivity contribution in [2.45, 2.75) is 16.7 Å². The smallest absolute Gasteiger partial charge is 0.206 e. The first-order valence-electron chi connectivity index (χ1n) is 8.66. The maximum atomic E-state index is 13.0. The van der Waals surface area contributed by atoms with Gasteiger partial charge in [-0.2, -0.15) is 5.10 Å². The van der Waals surface area contributed by atoms with E-state index in [0.717, 1.165) is 11.9 Å². The summed E-state index contributed by atoms with van der Waals surface area (Å²) < 4.78 is 48.8. The molecule has 3 N–H and O–H groups in total. The lowest BCUT2D eigenvalue weighted by molar-refractivity contribution is 0.595. The summed E-state index contributed by atoms with van der Waals surface area (Å²) in [6, 6.07) is 12.6. The number of aryl methyl sites for hydroxylation is 1. The zero-order valence-electron chi connectivity index (χ0n) is 15.9. The molecule has 1 aromatic carbocycles. The Balaban J connectivity index is 1.97. The molecular formula is C18H21N5O4S2. The summed E-state index contributed by atoms with van der Waals surface area (Å²) in [5.74, 6) is 0.869. The van der Waals surface area contributed by atoms with Crippen molar-refractivity contribution < 1.29 is 16.8 Å². The molecule has 0 aliphatic rings. The van der Waals surface area contributed by atoms with Crippen LogP contribution in [-0.2, 0) is 19.7 Å². The second kappa shape index (κ2) is 8.21. The van der Waals surface area contributed by atoms with Crippen LogP contribution in [0.4, 0.5) is 17.5 Å². The number of aromatic amines is 1. The quantitative estimate of drug-likeness (QED) is 0.490. The highest BCUT2D eigenvalue weighted by molar-refractivity contribution is 7.91. The fourth-order valence-corrected chi connectivity index (χ4v) is 4.32. The molecule has 29 heavy (non-hydrogen) atoms. The molecule has 0 amide bonds. The van der Waals surface area contributed by atoms with Crippen LogP contribution in [0, 0.1) is 6.92 Å². The van der Waals surface area contributed by atoms with E-state index in [1.165, 1.54) is 24.3 Å². The third kappa shape index (κ3) is 5.55. The van der Waals surface area contributed by atoms with E-state index in [1.807, 2.05) is 6.92 Å². The van der Waals surface area contributed by atoms with Crippen LogP contribution in [0.2, 0.25) is 0 Å². The van der Waals surface area contributed by atoms with Gasteiger partial charge < -0.3 is 10.6 Å². The minimum atomic E-state index is -3.79. The summed E-state index contributed by atoms with van der Waals surface area (Å²) in [5.41, 5.74) is 0.826. The Morgan fingerprint density at radius 1 is 0.931 bits per heavy atom. The summed E-state index contributed by atoms with van der Waals surface area (Å²) in [6.07, 6.45) is 1.13. The van der Waals surface area contributed by atoms with Gasteiger partial charge in [0.25, 0.3) is 0 Å². The highest BCUT2D eigenvalue weighted by Crippen LogP contribution is 2.26. The standard InChI is InChI=1S/C18H21N5O4S2/c1-13-10-18(23-22-13)21-17-12-15(29(26,27)14-6-4-3-5-7-14)11-16(20-17)19-8-9-28(2,24)25/h3-7,10-12H,8-9H2,1-2H3,(H3,19,20,21,22,23). The molecule has 0 aliphatic carbocycles. The van der Waals surface area contributed by atoms with Crippen molar-refractivity contribution in [1.29, 1.82) is 0 Å². The lowest BCUT2D eigenvalue weighted by atomic mass is 10.4. The number of rotatable bonds is 8. The van der Waals surface area contributed by atoms with Gasteiger partial charge in [0.05, 0.1) is 15.5 Å². The number of hydrogen-bond acceptors (Lipinski definition) is 8. The minimum Gasteiger partial charge on any atom is -0.369 e. The van der Waals surface area contributed by atoms with E-state index in [2.05, 4.69) is 25.8 Å². The van der Waals surface area contributed by atoms with Crippen LogP contribution in [0.3, 0.4) is 0 Å². The molecule has 0 spiro atoms. The van der Waals surface area contributed by atoms with E-state index in [-0.39, 0.29) is 33.7 Å². The molecule has 0 fully saturated rings. The lowest BCUT2D eigenvalue weighted by Gasteiger charge is -2.12. The van der Waals surface area contributed by atoms with Crippen LogP contribution >= 0.6 is 0 Å². The first-order chi connectivity index (χ1) is 13.6. The fourth-order valence-electron chi connectivity index (χ4n) is 2.53. The summed E-state index contributed by atoms with van der Waals surface area (Å²) >= 11 is 0. The maximum Gasteiger partial charge on any atom is 0.206 e. The van der Waals surface area contributed by atoms with Crippen LogP contribution in [0.15, 0.2) is 58.3 Å². The molecule has 154 valence electrons. The Morgan fingerprint density at radius 2 is 1.62 bits per heavy atom. The number of nitrogens with one attached hydrogen (secondary N) is 3. The molecular weight excluding hydrogens is 414 g/mol. The van der Waals surface area contributed by atoms with Crippen molar-refractivity contribution in [1.82, 2.24) is 15.2 Å². The Morgan fingerprint density at radius 3 is 2.24 bits per heavy atom. The number of benzene rings is 1. The number of nitrogens with zero attached hydrogens (tertiary/aromatic N) is 2. The van der Waals surface area contributed by atoms with E-state index in [1.54, 1.807) is 24.3 Å². The average Bonchev–Trinajstić information content (AvgIpc) is 3.06. The number of hydrogen-bond donors (Lipinski definition) is 3. The topological polar surface area (TPSA) is 134 Å². The van der Waals surface area contributed by atoms with Gasteiger partial charge in [0.1, 0.15) is 21.5 Å². The van der Waals surface area contributed by atoms with Crippen molar-refractivity contribution in [3.63, 3.8) is 0 Å². The summed E-state index contributed by atoms with van der Waals surface area (Å²) in [7, 11) is -6.96. The van der Waals surface area contributed by atoms with E-state index in [9.17, 15) is 16.8 Å². The van der Waals surface area contributed by atoms with Gasteiger partial charge in [-0.25, -0.2) is 21.8 Å². The predicted octanol–water partition coefficient (Wildman–Crippen LogP) is 2.15. The van der Waals surface area contributed by atoms with Gasteiger partial charge in [0.2, 0.25) is 9.84 Å². The van der Waals surface area contributed by atoms with E-state index in [0.29, 0.717) is 5.82 Å². The first kappa shape index (κ1) is 20.8. The second-order valence-corrected chi connectivity index (χ2v) is 10.7. The van der Waals surface area contributed by atoms with Gasteiger partial charge in [-0.15, -0.1) is 0 Å². The second-order valence-electron chi connectivity index (χ2n) is 6.51. The number of sulfone groups is 2. The van der Waals surface area contributed by atoms with Gasteiger partial charge in [-0.3, -0.25) is 5.10 Å². The molecule has 0 aliphatic heterocycles. The molecule has 0 bridgehead atoms. The molecule has 9 nitrogen and oxygen atoms in total. The minimum absolute atomic E-state index is 0.0234. The van der Waals surface area contributed by atoms with Crippen molar-refractivity contribution in [2.24, 2.45) is 0 Å². The highest BCUT2D eigenvalue weighted by Gasteiger charge is 2.20. The average molecular weight is 436 g/mol. The van der Waals surface area contributed by atoms with E-state index in [4.69, 9.17) is 0 Å². The van der Waals surface area contributed by atoms with Gasteiger partial charge in [0, 0.05) is 30.6 Å². The Hall–Kier alpha value is -2.92. The van der Waals surface area contributed by atoms with Gasteiger partial charge in [-0.05, 0) is 25.1 Å². The summed E-state index contributed by atoms with van der Waals surface area (Å²) in [6.45, 7) is 1.93. The van der Waals surface area contributed by atoms with E-state index >= 15 is 0 Å². The molecule has 3 rings (SSSR count). The third-order valence-electron chi connectivity index (χ3n) is 3.90. The van der Waals surface area contributed by atoms with Crippen molar-refractivity contribution in [3.8, 4) is 0 Å². The number of H-pyrrole nitrogens is 1. The summed E-state index contributed by atoms with van der Waals surface area (Å²) in [4.78, 5) is 4.50.